The maximum Gasteiger partial charge on any atom is 0.335 e. The molecular formula is C15H10N2O4S. The van der Waals surface area contributed by atoms with Gasteiger partial charge in [0.25, 0.3) is 5.91 Å². The molecule has 1 aliphatic rings. The highest BCUT2D eigenvalue weighted by atomic mass is 32.2. The second kappa shape index (κ2) is 5.53. The lowest BCUT2D eigenvalue weighted by Crippen LogP contribution is -2.18. The van der Waals surface area contributed by atoms with Crippen molar-refractivity contribution in [3.63, 3.8) is 0 Å². The van der Waals surface area contributed by atoms with Crippen LogP contribution in [0.15, 0.2) is 45.7 Å². The summed E-state index contributed by atoms with van der Waals surface area (Å²) in [4.78, 5) is 22.9. The van der Waals surface area contributed by atoms with E-state index in [-0.39, 0.29) is 16.6 Å². The van der Waals surface area contributed by atoms with E-state index in [1.165, 1.54) is 12.1 Å². The number of hydrogen-bond acceptors (Lipinski definition) is 5. The van der Waals surface area contributed by atoms with Crippen LogP contribution in [-0.4, -0.2) is 22.2 Å². The first kappa shape index (κ1) is 14.2. The van der Waals surface area contributed by atoms with Crippen molar-refractivity contribution in [3.8, 4) is 11.3 Å². The number of benzene rings is 1. The van der Waals surface area contributed by atoms with Crippen molar-refractivity contribution in [2.24, 2.45) is 0 Å². The molecular weight excluding hydrogens is 304 g/mol. The Hall–Kier alpha value is -2.80. The Morgan fingerprint density at radius 1 is 1.32 bits per heavy atom. The highest BCUT2D eigenvalue weighted by Crippen LogP contribution is 2.28. The smallest absolute Gasteiger partial charge is 0.335 e. The van der Waals surface area contributed by atoms with Gasteiger partial charge >= 0.3 is 5.97 Å². The van der Waals surface area contributed by atoms with Gasteiger partial charge in [0.05, 0.1) is 10.5 Å². The van der Waals surface area contributed by atoms with Gasteiger partial charge in [0.1, 0.15) is 11.5 Å². The molecule has 1 saturated heterocycles. The maximum atomic E-state index is 11.5. The lowest BCUT2D eigenvalue weighted by atomic mass is 10.1. The molecule has 2 heterocycles. The third-order valence-corrected chi connectivity index (χ3v) is 3.79. The Kier molecular flexibility index (Phi) is 3.56. The molecule has 0 saturated carbocycles. The molecule has 3 rings (SSSR count). The number of thioether (sulfide) groups is 1. The number of carbonyl (C=O) groups excluding carboxylic acids is 1. The minimum Gasteiger partial charge on any atom is -0.478 e. The first-order chi connectivity index (χ1) is 10.5. The Balaban J connectivity index is 1.90. The van der Waals surface area contributed by atoms with Crippen LogP contribution >= 0.6 is 11.8 Å². The SMILES string of the molecule is N=C1NC(=O)/C(=C\c2ccc(-c3cccc(C(=O)O)c3)o2)S1. The van der Waals surface area contributed by atoms with Gasteiger partial charge in [-0.2, -0.15) is 0 Å². The predicted octanol–water partition coefficient (Wildman–Crippen LogP) is 2.78. The number of hydrogen-bond donors (Lipinski definition) is 3. The van der Waals surface area contributed by atoms with Crippen LogP contribution in [0.4, 0.5) is 0 Å². The van der Waals surface area contributed by atoms with E-state index in [2.05, 4.69) is 5.32 Å². The average molecular weight is 314 g/mol. The molecule has 1 amide bonds. The molecule has 1 aromatic carbocycles. The van der Waals surface area contributed by atoms with Crippen molar-refractivity contribution < 1.29 is 19.1 Å². The fourth-order valence-electron chi connectivity index (χ4n) is 1.96. The van der Waals surface area contributed by atoms with Gasteiger partial charge in [-0.1, -0.05) is 12.1 Å². The standard InChI is InChI=1S/C15H10N2O4S/c16-15-17-13(18)12(22-15)7-10-4-5-11(21-10)8-2-1-3-9(6-8)14(19)20/h1-7H,(H,19,20)(H2,16,17,18)/b12-7+. The van der Waals surface area contributed by atoms with E-state index in [1.807, 2.05) is 0 Å². The molecule has 0 bridgehead atoms. The minimum atomic E-state index is -1.01. The van der Waals surface area contributed by atoms with Crippen molar-refractivity contribution in [2.75, 3.05) is 0 Å². The molecule has 0 spiro atoms. The van der Waals surface area contributed by atoms with Crippen molar-refractivity contribution in [2.45, 2.75) is 0 Å². The molecule has 1 aliphatic heterocycles. The summed E-state index contributed by atoms with van der Waals surface area (Å²) in [6.07, 6.45) is 1.55. The molecule has 3 N–H and O–H groups in total. The molecule has 6 nitrogen and oxygen atoms in total. The van der Waals surface area contributed by atoms with Crippen LogP contribution in [0, 0.1) is 5.41 Å². The number of carboxylic acids is 1. The molecule has 0 radical (unpaired) electrons. The predicted molar refractivity (Wildman–Crippen MR) is 82.5 cm³/mol. The van der Waals surface area contributed by atoms with Crippen molar-refractivity contribution >= 4 is 34.9 Å². The summed E-state index contributed by atoms with van der Waals surface area (Å²) in [5, 5.41) is 18.8. The minimum absolute atomic E-state index is 0.0807. The molecule has 0 unspecified atom stereocenters. The first-order valence-corrected chi connectivity index (χ1v) is 7.07. The number of furan rings is 1. The second-order valence-electron chi connectivity index (χ2n) is 4.48. The maximum absolute atomic E-state index is 11.5. The first-order valence-electron chi connectivity index (χ1n) is 6.26. The number of amidine groups is 1. The largest absolute Gasteiger partial charge is 0.478 e. The molecule has 0 aliphatic carbocycles. The van der Waals surface area contributed by atoms with E-state index in [4.69, 9.17) is 14.9 Å². The van der Waals surface area contributed by atoms with E-state index in [0.29, 0.717) is 22.0 Å². The summed E-state index contributed by atoms with van der Waals surface area (Å²) in [6.45, 7) is 0. The highest BCUT2D eigenvalue weighted by Gasteiger charge is 2.22. The Morgan fingerprint density at radius 2 is 2.14 bits per heavy atom. The monoisotopic (exact) mass is 314 g/mol. The zero-order valence-electron chi connectivity index (χ0n) is 11.1. The summed E-state index contributed by atoms with van der Waals surface area (Å²) in [5.41, 5.74) is 0.814. The summed E-state index contributed by atoms with van der Waals surface area (Å²) in [7, 11) is 0. The quantitative estimate of drug-likeness (QED) is 0.756. The summed E-state index contributed by atoms with van der Waals surface area (Å²) in [5.74, 6) is -0.370. The van der Waals surface area contributed by atoms with E-state index < -0.39 is 5.97 Å². The fraction of sp³-hybridized carbons (Fsp3) is 0. The Morgan fingerprint density at radius 3 is 2.82 bits per heavy atom. The zero-order valence-corrected chi connectivity index (χ0v) is 11.9. The van der Waals surface area contributed by atoms with Gasteiger partial charge in [0.15, 0.2) is 5.17 Å². The molecule has 1 aromatic heterocycles. The van der Waals surface area contributed by atoms with Gasteiger partial charge in [-0.05, 0) is 36.0 Å². The van der Waals surface area contributed by atoms with Crippen molar-refractivity contribution in [3.05, 3.63) is 52.6 Å². The van der Waals surface area contributed by atoms with Gasteiger partial charge in [-0.3, -0.25) is 10.2 Å². The third-order valence-electron chi connectivity index (χ3n) is 2.96. The van der Waals surface area contributed by atoms with Crippen LogP contribution in [0.3, 0.4) is 0 Å². The van der Waals surface area contributed by atoms with E-state index >= 15 is 0 Å². The lowest BCUT2D eigenvalue weighted by molar-refractivity contribution is -0.115. The van der Waals surface area contributed by atoms with E-state index in [0.717, 1.165) is 11.8 Å². The Bertz CT molecular complexity index is 822. The van der Waals surface area contributed by atoms with E-state index in [9.17, 15) is 9.59 Å². The second-order valence-corrected chi connectivity index (χ2v) is 5.53. The molecule has 2 aromatic rings. The van der Waals surface area contributed by atoms with Crippen molar-refractivity contribution in [1.29, 1.82) is 5.41 Å². The normalized spacial score (nSPS) is 16.1. The third kappa shape index (κ3) is 2.79. The summed E-state index contributed by atoms with van der Waals surface area (Å²) < 4.78 is 5.62. The highest BCUT2D eigenvalue weighted by molar-refractivity contribution is 8.18. The molecule has 1 fully saturated rings. The van der Waals surface area contributed by atoms with Crippen LogP contribution in [0.25, 0.3) is 17.4 Å². The number of rotatable bonds is 3. The van der Waals surface area contributed by atoms with Gasteiger partial charge < -0.3 is 14.8 Å². The molecule has 22 heavy (non-hydrogen) atoms. The van der Waals surface area contributed by atoms with Gasteiger partial charge in [0.2, 0.25) is 0 Å². The number of amides is 1. The van der Waals surface area contributed by atoms with Crippen LogP contribution in [0.2, 0.25) is 0 Å². The number of nitrogens with one attached hydrogen (secondary N) is 2. The topological polar surface area (TPSA) is 103 Å². The summed E-state index contributed by atoms with van der Waals surface area (Å²) >= 11 is 1.03. The van der Waals surface area contributed by atoms with Gasteiger partial charge in [0, 0.05) is 11.6 Å². The van der Waals surface area contributed by atoms with Crippen LogP contribution in [0.1, 0.15) is 16.1 Å². The number of carboxylic acid groups (broad SMARTS) is 1. The van der Waals surface area contributed by atoms with E-state index in [1.54, 1.807) is 30.3 Å². The molecule has 0 atom stereocenters. The van der Waals surface area contributed by atoms with Crippen LogP contribution in [0.5, 0.6) is 0 Å². The number of aromatic carboxylic acids is 1. The van der Waals surface area contributed by atoms with Crippen LogP contribution < -0.4 is 5.32 Å². The average Bonchev–Trinajstić information content (AvgIpc) is 3.06. The van der Waals surface area contributed by atoms with Gasteiger partial charge in [-0.15, -0.1) is 0 Å². The zero-order chi connectivity index (χ0) is 15.7. The summed E-state index contributed by atoms with van der Waals surface area (Å²) in [6, 6.07) is 9.80. The lowest BCUT2D eigenvalue weighted by Gasteiger charge is -1.99. The van der Waals surface area contributed by atoms with Gasteiger partial charge in [-0.25, -0.2) is 4.79 Å². The Labute approximate surface area is 129 Å². The van der Waals surface area contributed by atoms with Crippen LogP contribution in [-0.2, 0) is 4.79 Å². The molecule has 110 valence electrons. The fourth-order valence-corrected chi connectivity index (χ4v) is 2.64. The van der Waals surface area contributed by atoms with Crippen molar-refractivity contribution in [1.82, 2.24) is 5.32 Å². The number of carbonyl (C=O) groups is 2. The molecule has 7 heteroatoms.